The number of methoxy groups -OCH3 is 1. The molecular formula is C12H19FN2O. The van der Waals surface area contributed by atoms with Crippen molar-refractivity contribution < 1.29 is 9.13 Å². The van der Waals surface area contributed by atoms with Gasteiger partial charge in [0, 0.05) is 31.3 Å². The lowest BCUT2D eigenvalue weighted by Crippen LogP contribution is -2.37. The molecule has 0 saturated carbocycles. The van der Waals surface area contributed by atoms with E-state index in [1.165, 1.54) is 12.1 Å². The predicted octanol–water partition coefficient (Wildman–Crippen LogP) is 1.85. The Balaban J connectivity index is 2.62. The van der Waals surface area contributed by atoms with E-state index in [1.807, 2.05) is 13.0 Å². The van der Waals surface area contributed by atoms with Crippen LogP contribution in [0.1, 0.15) is 6.92 Å². The third-order valence-electron chi connectivity index (χ3n) is 2.55. The van der Waals surface area contributed by atoms with E-state index >= 15 is 0 Å². The van der Waals surface area contributed by atoms with Gasteiger partial charge < -0.3 is 15.8 Å². The SMILES string of the molecule is COCC(C)C(CN)Nc1cccc(F)c1. The molecule has 0 aliphatic carbocycles. The average Bonchev–Trinajstić information content (AvgIpc) is 2.26. The van der Waals surface area contributed by atoms with E-state index in [1.54, 1.807) is 13.2 Å². The third kappa shape index (κ3) is 3.79. The zero-order valence-electron chi connectivity index (χ0n) is 9.74. The van der Waals surface area contributed by atoms with Crippen LogP contribution >= 0.6 is 0 Å². The van der Waals surface area contributed by atoms with Crippen LogP contribution < -0.4 is 11.1 Å². The van der Waals surface area contributed by atoms with Crippen molar-refractivity contribution in [2.75, 3.05) is 25.6 Å². The van der Waals surface area contributed by atoms with Crippen LogP contribution in [0.2, 0.25) is 0 Å². The molecule has 1 rings (SSSR count). The molecule has 0 fully saturated rings. The second-order valence-electron chi connectivity index (χ2n) is 3.93. The maximum absolute atomic E-state index is 13.0. The maximum atomic E-state index is 13.0. The Bertz CT molecular complexity index is 320. The Morgan fingerprint density at radius 3 is 2.81 bits per heavy atom. The molecule has 0 amide bonds. The number of halogens is 1. The monoisotopic (exact) mass is 226 g/mol. The fraction of sp³-hybridized carbons (Fsp3) is 0.500. The van der Waals surface area contributed by atoms with Crippen LogP contribution in [-0.2, 0) is 4.74 Å². The van der Waals surface area contributed by atoms with E-state index in [4.69, 9.17) is 10.5 Å². The van der Waals surface area contributed by atoms with Gasteiger partial charge in [-0.15, -0.1) is 0 Å². The van der Waals surface area contributed by atoms with E-state index < -0.39 is 0 Å². The average molecular weight is 226 g/mol. The van der Waals surface area contributed by atoms with Crippen molar-refractivity contribution in [2.45, 2.75) is 13.0 Å². The molecule has 0 heterocycles. The van der Waals surface area contributed by atoms with E-state index in [2.05, 4.69) is 5.32 Å². The van der Waals surface area contributed by atoms with Gasteiger partial charge in [0.05, 0.1) is 6.61 Å². The molecule has 2 unspecified atom stereocenters. The summed E-state index contributed by atoms with van der Waals surface area (Å²) in [6.07, 6.45) is 0. The van der Waals surface area contributed by atoms with Gasteiger partial charge in [0.25, 0.3) is 0 Å². The molecule has 16 heavy (non-hydrogen) atoms. The lowest BCUT2D eigenvalue weighted by atomic mass is 10.0. The van der Waals surface area contributed by atoms with Crippen LogP contribution in [-0.4, -0.2) is 26.3 Å². The quantitative estimate of drug-likeness (QED) is 0.778. The summed E-state index contributed by atoms with van der Waals surface area (Å²) in [5.41, 5.74) is 6.43. The highest BCUT2D eigenvalue weighted by molar-refractivity contribution is 5.44. The van der Waals surface area contributed by atoms with Crippen molar-refractivity contribution in [3.63, 3.8) is 0 Å². The van der Waals surface area contributed by atoms with Gasteiger partial charge in [-0.3, -0.25) is 0 Å². The number of ether oxygens (including phenoxy) is 1. The largest absolute Gasteiger partial charge is 0.384 e. The summed E-state index contributed by atoms with van der Waals surface area (Å²) in [4.78, 5) is 0. The highest BCUT2D eigenvalue weighted by Gasteiger charge is 2.15. The van der Waals surface area contributed by atoms with Crippen LogP contribution in [0, 0.1) is 11.7 Å². The minimum absolute atomic E-state index is 0.0850. The second-order valence-corrected chi connectivity index (χ2v) is 3.93. The number of rotatable bonds is 6. The van der Waals surface area contributed by atoms with Gasteiger partial charge in [-0.1, -0.05) is 13.0 Å². The number of benzene rings is 1. The molecule has 0 spiro atoms. The van der Waals surface area contributed by atoms with Crippen LogP contribution in [0.5, 0.6) is 0 Å². The van der Waals surface area contributed by atoms with Gasteiger partial charge in [0.15, 0.2) is 0 Å². The van der Waals surface area contributed by atoms with E-state index in [0.717, 1.165) is 5.69 Å². The van der Waals surface area contributed by atoms with Crippen molar-refractivity contribution in [2.24, 2.45) is 11.7 Å². The molecule has 0 radical (unpaired) electrons. The zero-order valence-corrected chi connectivity index (χ0v) is 9.74. The maximum Gasteiger partial charge on any atom is 0.125 e. The van der Waals surface area contributed by atoms with E-state index in [0.29, 0.717) is 13.2 Å². The molecule has 0 aliphatic heterocycles. The standard InChI is InChI=1S/C12H19FN2O/c1-9(8-16-2)12(7-14)15-11-5-3-4-10(13)6-11/h3-6,9,12,15H,7-8,14H2,1-2H3. The summed E-state index contributed by atoms with van der Waals surface area (Å²) >= 11 is 0. The Morgan fingerprint density at radius 1 is 1.50 bits per heavy atom. The van der Waals surface area contributed by atoms with Crippen molar-refractivity contribution in [3.05, 3.63) is 30.1 Å². The first-order valence-electron chi connectivity index (χ1n) is 5.38. The molecule has 2 atom stereocenters. The molecule has 90 valence electrons. The summed E-state index contributed by atoms with van der Waals surface area (Å²) in [5.74, 6) is 0.0263. The van der Waals surface area contributed by atoms with E-state index in [-0.39, 0.29) is 17.8 Å². The minimum atomic E-state index is -0.250. The van der Waals surface area contributed by atoms with E-state index in [9.17, 15) is 4.39 Å². The smallest absolute Gasteiger partial charge is 0.125 e. The molecule has 0 aliphatic rings. The highest BCUT2D eigenvalue weighted by Crippen LogP contribution is 2.14. The molecule has 4 heteroatoms. The molecule has 3 N–H and O–H groups in total. The number of nitrogens with two attached hydrogens (primary N) is 1. The summed E-state index contributed by atoms with van der Waals surface area (Å²) < 4.78 is 18.1. The summed E-state index contributed by atoms with van der Waals surface area (Å²) in [6, 6.07) is 6.46. The Kier molecular flexibility index (Phi) is 5.22. The van der Waals surface area contributed by atoms with Crippen molar-refractivity contribution in [1.82, 2.24) is 0 Å². The van der Waals surface area contributed by atoms with Crippen LogP contribution in [0.3, 0.4) is 0 Å². The fourth-order valence-electron chi connectivity index (χ4n) is 1.60. The lowest BCUT2D eigenvalue weighted by molar-refractivity contribution is 0.151. The Hall–Kier alpha value is -1.13. The zero-order chi connectivity index (χ0) is 12.0. The van der Waals surface area contributed by atoms with Gasteiger partial charge in [0.2, 0.25) is 0 Å². The first-order valence-corrected chi connectivity index (χ1v) is 5.38. The Morgan fingerprint density at radius 2 is 2.25 bits per heavy atom. The first-order chi connectivity index (χ1) is 7.67. The minimum Gasteiger partial charge on any atom is -0.384 e. The van der Waals surface area contributed by atoms with Crippen LogP contribution in [0.25, 0.3) is 0 Å². The number of nitrogens with one attached hydrogen (secondary N) is 1. The first kappa shape index (κ1) is 12.9. The normalized spacial score (nSPS) is 14.5. The van der Waals surface area contributed by atoms with Gasteiger partial charge in [0.1, 0.15) is 5.82 Å². The second kappa shape index (κ2) is 6.45. The van der Waals surface area contributed by atoms with Crippen LogP contribution in [0.15, 0.2) is 24.3 Å². The third-order valence-corrected chi connectivity index (χ3v) is 2.55. The van der Waals surface area contributed by atoms with Crippen molar-refractivity contribution in [1.29, 1.82) is 0 Å². The molecule has 0 aromatic heterocycles. The molecular weight excluding hydrogens is 207 g/mol. The fourth-order valence-corrected chi connectivity index (χ4v) is 1.60. The Labute approximate surface area is 95.8 Å². The van der Waals surface area contributed by atoms with Gasteiger partial charge in [-0.2, -0.15) is 0 Å². The molecule has 3 nitrogen and oxygen atoms in total. The number of hydrogen-bond donors (Lipinski definition) is 2. The topological polar surface area (TPSA) is 47.3 Å². The number of anilines is 1. The molecule has 1 aromatic carbocycles. The van der Waals surface area contributed by atoms with Gasteiger partial charge in [-0.05, 0) is 18.2 Å². The van der Waals surface area contributed by atoms with Crippen molar-refractivity contribution in [3.8, 4) is 0 Å². The molecule has 1 aromatic rings. The summed E-state index contributed by atoms with van der Waals surface area (Å²) in [7, 11) is 1.66. The molecule has 0 bridgehead atoms. The van der Waals surface area contributed by atoms with Crippen molar-refractivity contribution >= 4 is 5.69 Å². The highest BCUT2D eigenvalue weighted by atomic mass is 19.1. The molecule has 0 saturated heterocycles. The summed E-state index contributed by atoms with van der Waals surface area (Å²) in [6.45, 7) is 3.17. The van der Waals surface area contributed by atoms with Gasteiger partial charge >= 0.3 is 0 Å². The van der Waals surface area contributed by atoms with Gasteiger partial charge in [-0.25, -0.2) is 4.39 Å². The lowest BCUT2D eigenvalue weighted by Gasteiger charge is -2.24. The van der Waals surface area contributed by atoms with Crippen LogP contribution in [0.4, 0.5) is 10.1 Å². The summed E-state index contributed by atoms with van der Waals surface area (Å²) in [5, 5.41) is 3.21. The predicted molar refractivity (Wildman–Crippen MR) is 63.9 cm³/mol. The number of hydrogen-bond acceptors (Lipinski definition) is 3.